The molecule has 2 fully saturated rings. The van der Waals surface area contributed by atoms with Crippen LogP contribution in [0, 0.1) is 5.92 Å². The number of hydrogen-bond donors (Lipinski definition) is 0. The van der Waals surface area contributed by atoms with E-state index in [1.54, 1.807) is 0 Å². The molecule has 2 saturated heterocycles. The Kier molecular flexibility index (Phi) is 1.68. The summed E-state index contributed by atoms with van der Waals surface area (Å²) < 4.78 is 13.3. The second kappa shape index (κ2) is 2.72. The number of rotatable bonds is 1. The summed E-state index contributed by atoms with van der Waals surface area (Å²) in [4.78, 5) is 32.4. The summed E-state index contributed by atoms with van der Waals surface area (Å²) >= 11 is 0. The van der Waals surface area contributed by atoms with E-state index >= 15 is 0 Å². The van der Waals surface area contributed by atoms with E-state index in [9.17, 15) is 14.4 Å². The zero-order valence-electron chi connectivity index (χ0n) is 6.52. The Morgan fingerprint density at radius 3 is 2.38 bits per heavy atom. The summed E-state index contributed by atoms with van der Waals surface area (Å²) in [6.07, 6.45) is -1.77. The first-order valence-electron chi connectivity index (χ1n) is 3.77. The molecule has 2 rings (SSSR count). The van der Waals surface area contributed by atoms with Crippen LogP contribution in [0.15, 0.2) is 0 Å². The van der Waals surface area contributed by atoms with Crippen molar-refractivity contribution in [1.29, 1.82) is 0 Å². The summed E-state index contributed by atoms with van der Waals surface area (Å²) in [5, 5.41) is 0. The minimum Gasteiger partial charge on any atom is -0.465 e. The monoisotopic (exact) mass is 186 g/mol. The molecule has 0 saturated carbocycles. The Hall–Kier alpha value is -1.59. The van der Waals surface area contributed by atoms with Crippen molar-refractivity contribution in [2.24, 2.45) is 5.92 Å². The predicted molar refractivity (Wildman–Crippen MR) is 35.4 cm³/mol. The molecule has 0 radical (unpaired) electrons. The van der Waals surface area contributed by atoms with Crippen LogP contribution in [0.25, 0.3) is 0 Å². The van der Waals surface area contributed by atoms with Gasteiger partial charge in [-0.15, -0.1) is 0 Å². The number of cyclic esters (lactones) is 4. The van der Waals surface area contributed by atoms with E-state index in [2.05, 4.69) is 14.2 Å². The summed E-state index contributed by atoms with van der Waals surface area (Å²) in [7, 11) is 0. The van der Waals surface area contributed by atoms with Gasteiger partial charge in [-0.05, 0) is 6.42 Å². The SMILES string of the molecule is O=C1OC(=O)[C@@H](C2CCOC2=O)O1. The van der Waals surface area contributed by atoms with E-state index in [1.165, 1.54) is 0 Å². The van der Waals surface area contributed by atoms with Gasteiger partial charge in [-0.2, -0.15) is 0 Å². The highest BCUT2D eigenvalue weighted by atomic mass is 16.8. The highest BCUT2D eigenvalue weighted by molar-refractivity contribution is 5.94. The maximum atomic E-state index is 11.0. The molecular formula is C7H6O6. The highest BCUT2D eigenvalue weighted by Crippen LogP contribution is 2.25. The quantitative estimate of drug-likeness (QED) is 0.410. The van der Waals surface area contributed by atoms with E-state index in [4.69, 9.17) is 0 Å². The number of ether oxygens (including phenoxy) is 3. The lowest BCUT2D eigenvalue weighted by Crippen LogP contribution is -2.30. The van der Waals surface area contributed by atoms with Gasteiger partial charge >= 0.3 is 18.1 Å². The van der Waals surface area contributed by atoms with Crippen LogP contribution >= 0.6 is 0 Å². The third kappa shape index (κ3) is 1.24. The molecule has 0 amide bonds. The molecule has 0 aromatic heterocycles. The van der Waals surface area contributed by atoms with Crippen molar-refractivity contribution in [3.05, 3.63) is 0 Å². The first kappa shape index (κ1) is 8.03. The Balaban J connectivity index is 2.12. The normalized spacial score (nSPS) is 32.8. The Labute approximate surface area is 72.7 Å². The average Bonchev–Trinajstić information content (AvgIpc) is 2.58. The molecule has 1 unspecified atom stereocenters. The largest absolute Gasteiger partial charge is 0.517 e. The van der Waals surface area contributed by atoms with Gasteiger partial charge in [0.05, 0.1) is 6.61 Å². The molecule has 0 aromatic rings. The van der Waals surface area contributed by atoms with Gasteiger partial charge in [-0.25, -0.2) is 9.59 Å². The Bertz CT molecular complexity index is 283. The lowest BCUT2D eigenvalue weighted by molar-refractivity contribution is -0.148. The predicted octanol–water partition coefficient (Wildman–Crippen LogP) is -0.389. The topological polar surface area (TPSA) is 78.9 Å². The first-order valence-corrected chi connectivity index (χ1v) is 3.77. The van der Waals surface area contributed by atoms with Crippen LogP contribution in [0.5, 0.6) is 0 Å². The lowest BCUT2D eigenvalue weighted by Gasteiger charge is -2.07. The average molecular weight is 186 g/mol. The molecular weight excluding hydrogens is 180 g/mol. The van der Waals surface area contributed by atoms with Crippen LogP contribution in [0.1, 0.15) is 6.42 Å². The third-order valence-electron chi connectivity index (χ3n) is 1.98. The van der Waals surface area contributed by atoms with Gasteiger partial charge in [-0.3, -0.25) is 4.79 Å². The van der Waals surface area contributed by atoms with Crippen LogP contribution in [0.3, 0.4) is 0 Å². The zero-order chi connectivity index (χ0) is 9.42. The van der Waals surface area contributed by atoms with Crippen molar-refractivity contribution in [2.45, 2.75) is 12.5 Å². The van der Waals surface area contributed by atoms with Gasteiger partial charge in [0.25, 0.3) is 0 Å². The molecule has 6 nitrogen and oxygen atoms in total. The van der Waals surface area contributed by atoms with Gasteiger partial charge in [0.1, 0.15) is 5.92 Å². The van der Waals surface area contributed by atoms with Crippen LogP contribution in [0.4, 0.5) is 4.79 Å². The highest BCUT2D eigenvalue weighted by Gasteiger charge is 2.47. The van der Waals surface area contributed by atoms with E-state index in [-0.39, 0.29) is 6.61 Å². The molecule has 2 atom stereocenters. The molecule has 2 aliphatic heterocycles. The third-order valence-corrected chi connectivity index (χ3v) is 1.98. The van der Waals surface area contributed by atoms with Crippen molar-refractivity contribution >= 4 is 18.1 Å². The zero-order valence-corrected chi connectivity index (χ0v) is 6.52. The first-order chi connectivity index (χ1) is 6.18. The van der Waals surface area contributed by atoms with Gasteiger partial charge < -0.3 is 14.2 Å². The van der Waals surface area contributed by atoms with Crippen LogP contribution < -0.4 is 0 Å². The molecule has 2 heterocycles. The molecule has 0 aromatic carbocycles. The van der Waals surface area contributed by atoms with Crippen molar-refractivity contribution in [3.63, 3.8) is 0 Å². The number of carbonyl (C=O) groups excluding carboxylic acids is 3. The van der Waals surface area contributed by atoms with Crippen LogP contribution in [-0.4, -0.2) is 30.8 Å². The van der Waals surface area contributed by atoms with Gasteiger partial charge in [-0.1, -0.05) is 0 Å². The summed E-state index contributed by atoms with van der Waals surface area (Å²) in [5.41, 5.74) is 0. The fourth-order valence-corrected chi connectivity index (χ4v) is 1.35. The fraction of sp³-hybridized carbons (Fsp3) is 0.571. The fourth-order valence-electron chi connectivity index (χ4n) is 1.35. The minimum atomic E-state index is -1.11. The van der Waals surface area contributed by atoms with Crippen molar-refractivity contribution in [2.75, 3.05) is 6.61 Å². The van der Waals surface area contributed by atoms with Gasteiger partial charge in [0.15, 0.2) is 0 Å². The maximum Gasteiger partial charge on any atom is 0.517 e. The Morgan fingerprint density at radius 2 is 1.92 bits per heavy atom. The molecule has 6 heteroatoms. The van der Waals surface area contributed by atoms with Crippen molar-refractivity contribution < 1.29 is 28.6 Å². The lowest BCUT2D eigenvalue weighted by atomic mass is 10.0. The smallest absolute Gasteiger partial charge is 0.465 e. The second-order valence-electron chi connectivity index (χ2n) is 2.77. The van der Waals surface area contributed by atoms with Crippen LogP contribution in [-0.2, 0) is 23.8 Å². The second-order valence-corrected chi connectivity index (χ2v) is 2.77. The van der Waals surface area contributed by atoms with Gasteiger partial charge in [0.2, 0.25) is 6.10 Å². The molecule has 13 heavy (non-hydrogen) atoms. The van der Waals surface area contributed by atoms with Gasteiger partial charge in [0, 0.05) is 0 Å². The summed E-state index contributed by atoms with van der Waals surface area (Å²) in [5.74, 6) is -2.02. The standard InChI is InChI=1S/C7H6O6/c8-5-3(1-2-11-5)4-6(9)13-7(10)12-4/h3-4H,1-2H2/t3?,4-/m1/s1. The summed E-state index contributed by atoms with van der Waals surface area (Å²) in [6.45, 7) is 0.255. The number of hydrogen-bond acceptors (Lipinski definition) is 6. The number of carbonyl (C=O) groups is 3. The molecule has 0 bridgehead atoms. The van der Waals surface area contributed by atoms with E-state index < -0.39 is 30.1 Å². The van der Waals surface area contributed by atoms with Crippen molar-refractivity contribution in [3.8, 4) is 0 Å². The van der Waals surface area contributed by atoms with E-state index in [0.717, 1.165) is 0 Å². The van der Waals surface area contributed by atoms with E-state index in [0.29, 0.717) is 6.42 Å². The molecule has 0 N–H and O–H groups in total. The minimum absolute atomic E-state index is 0.255. The molecule has 2 aliphatic rings. The van der Waals surface area contributed by atoms with Crippen molar-refractivity contribution in [1.82, 2.24) is 0 Å². The molecule has 0 spiro atoms. The molecule has 70 valence electrons. The van der Waals surface area contributed by atoms with Crippen LogP contribution in [0.2, 0.25) is 0 Å². The van der Waals surface area contributed by atoms with E-state index in [1.807, 2.05) is 0 Å². The summed E-state index contributed by atoms with van der Waals surface area (Å²) in [6, 6.07) is 0. The molecule has 0 aliphatic carbocycles. The maximum absolute atomic E-state index is 11.0. The Morgan fingerprint density at radius 1 is 1.15 bits per heavy atom. The number of esters is 2.